The van der Waals surface area contributed by atoms with Gasteiger partial charge in [-0.05, 0) is 25.3 Å². The molecule has 2 aromatic rings. The number of halogens is 1. The predicted octanol–water partition coefficient (Wildman–Crippen LogP) is 2.70. The van der Waals surface area contributed by atoms with Crippen LogP contribution in [0.15, 0.2) is 47.5 Å². The van der Waals surface area contributed by atoms with Crippen LogP contribution in [0.4, 0.5) is 0 Å². The number of nitrogens with one attached hydrogen (secondary N) is 2. The lowest BCUT2D eigenvalue weighted by atomic mass is 10.2. The molecule has 0 amide bonds. The topological polar surface area (TPSA) is 67.1 Å². The molecule has 0 radical (unpaired) electrons. The molecule has 3 rings (SSSR count). The molecule has 0 saturated heterocycles. The molecule has 25 heavy (non-hydrogen) atoms. The maximum absolute atomic E-state index is 4.72. The normalized spacial score (nSPS) is 14.4. The Morgan fingerprint density at radius 1 is 1.20 bits per heavy atom. The number of hydrogen-bond acceptors (Lipinski definition) is 3. The van der Waals surface area contributed by atoms with Gasteiger partial charge in [-0.3, -0.25) is 0 Å². The van der Waals surface area contributed by atoms with E-state index in [4.69, 9.17) is 4.99 Å². The van der Waals surface area contributed by atoms with Gasteiger partial charge in [-0.25, -0.2) is 4.99 Å². The van der Waals surface area contributed by atoms with Crippen LogP contribution in [-0.2, 0) is 20.1 Å². The molecule has 134 valence electrons. The summed E-state index contributed by atoms with van der Waals surface area (Å²) in [6.45, 7) is 3.19. The van der Waals surface area contributed by atoms with E-state index >= 15 is 0 Å². The third-order valence-corrected chi connectivity index (χ3v) is 4.21. The van der Waals surface area contributed by atoms with Crippen molar-refractivity contribution in [2.45, 2.75) is 38.9 Å². The first-order valence-electron chi connectivity index (χ1n) is 8.31. The SMILES string of the molecule is Cc1nnc(CNC(=NCc2ccccc2)NC2CC=CC2)n1C.I. The zero-order valence-corrected chi connectivity index (χ0v) is 17.0. The molecule has 0 aliphatic heterocycles. The highest BCUT2D eigenvalue weighted by molar-refractivity contribution is 14.0. The first-order chi connectivity index (χ1) is 11.7. The summed E-state index contributed by atoms with van der Waals surface area (Å²) in [6, 6.07) is 10.7. The fourth-order valence-electron chi connectivity index (χ4n) is 2.60. The fraction of sp³-hybridized carbons (Fsp3) is 0.389. The zero-order chi connectivity index (χ0) is 16.8. The fourth-order valence-corrected chi connectivity index (χ4v) is 2.60. The molecule has 2 N–H and O–H groups in total. The maximum atomic E-state index is 4.72. The van der Waals surface area contributed by atoms with Gasteiger partial charge in [-0.1, -0.05) is 42.5 Å². The van der Waals surface area contributed by atoms with Crippen molar-refractivity contribution in [2.24, 2.45) is 12.0 Å². The summed E-state index contributed by atoms with van der Waals surface area (Å²) in [5.74, 6) is 2.61. The average molecular weight is 452 g/mol. The molecule has 0 saturated carbocycles. The number of aromatic nitrogens is 3. The molecule has 1 heterocycles. The van der Waals surface area contributed by atoms with Crippen LogP contribution in [0.3, 0.4) is 0 Å². The third kappa shape index (κ3) is 5.55. The summed E-state index contributed by atoms with van der Waals surface area (Å²) in [4.78, 5) is 4.72. The van der Waals surface area contributed by atoms with Gasteiger partial charge in [0.25, 0.3) is 0 Å². The van der Waals surface area contributed by atoms with Crippen molar-refractivity contribution in [1.29, 1.82) is 0 Å². The van der Waals surface area contributed by atoms with Crippen molar-refractivity contribution in [3.8, 4) is 0 Å². The summed E-state index contributed by atoms with van der Waals surface area (Å²) in [6.07, 6.45) is 6.49. The summed E-state index contributed by atoms with van der Waals surface area (Å²) in [5, 5.41) is 15.2. The van der Waals surface area contributed by atoms with Gasteiger partial charge in [-0.2, -0.15) is 0 Å². The van der Waals surface area contributed by atoms with E-state index < -0.39 is 0 Å². The van der Waals surface area contributed by atoms with Crippen LogP contribution >= 0.6 is 24.0 Å². The maximum Gasteiger partial charge on any atom is 0.192 e. The van der Waals surface area contributed by atoms with Gasteiger partial charge in [0.15, 0.2) is 11.8 Å². The highest BCUT2D eigenvalue weighted by atomic mass is 127. The number of hydrogen-bond donors (Lipinski definition) is 2. The van der Waals surface area contributed by atoms with Crippen molar-refractivity contribution in [3.63, 3.8) is 0 Å². The Morgan fingerprint density at radius 3 is 2.56 bits per heavy atom. The molecular formula is C18H25IN6. The van der Waals surface area contributed by atoms with Gasteiger partial charge in [0.2, 0.25) is 0 Å². The van der Waals surface area contributed by atoms with E-state index in [-0.39, 0.29) is 24.0 Å². The van der Waals surface area contributed by atoms with E-state index in [1.54, 1.807) is 0 Å². The first-order valence-corrected chi connectivity index (χ1v) is 8.31. The summed E-state index contributed by atoms with van der Waals surface area (Å²) in [5.41, 5.74) is 1.19. The van der Waals surface area contributed by atoms with E-state index in [1.165, 1.54) is 5.56 Å². The second-order valence-electron chi connectivity index (χ2n) is 6.01. The van der Waals surface area contributed by atoms with Crippen LogP contribution in [0.2, 0.25) is 0 Å². The van der Waals surface area contributed by atoms with Gasteiger partial charge >= 0.3 is 0 Å². The minimum atomic E-state index is 0. The number of guanidine groups is 1. The lowest BCUT2D eigenvalue weighted by Crippen LogP contribution is -2.42. The molecule has 0 spiro atoms. The highest BCUT2D eigenvalue weighted by Gasteiger charge is 2.13. The molecule has 0 fully saturated rings. The number of rotatable bonds is 5. The second kappa shape index (κ2) is 9.55. The van der Waals surface area contributed by atoms with Crippen molar-refractivity contribution in [2.75, 3.05) is 0 Å². The van der Waals surface area contributed by atoms with E-state index in [0.717, 1.165) is 30.5 Å². The molecule has 0 unspecified atom stereocenters. The van der Waals surface area contributed by atoms with Crippen LogP contribution in [0.25, 0.3) is 0 Å². The Morgan fingerprint density at radius 2 is 1.92 bits per heavy atom. The smallest absolute Gasteiger partial charge is 0.192 e. The first kappa shape index (κ1) is 19.4. The predicted molar refractivity (Wildman–Crippen MR) is 111 cm³/mol. The van der Waals surface area contributed by atoms with E-state index in [1.807, 2.05) is 36.7 Å². The zero-order valence-electron chi connectivity index (χ0n) is 14.6. The number of aliphatic imine (C=N–C) groups is 1. The molecule has 1 aliphatic carbocycles. The molecule has 0 bridgehead atoms. The Balaban J connectivity index is 0.00000225. The van der Waals surface area contributed by atoms with Crippen molar-refractivity contribution >= 4 is 29.9 Å². The van der Waals surface area contributed by atoms with Crippen LogP contribution in [-0.4, -0.2) is 26.8 Å². The Hall–Kier alpha value is -1.90. The number of benzene rings is 1. The van der Waals surface area contributed by atoms with Crippen molar-refractivity contribution in [3.05, 3.63) is 59.7 Å². The van der Waals surface area contributed by atoms with Gasteiger partial charge in [0, 0.05) is 13.1 Å². The summed E-state index contributed by atoms with van der Waals surface area (Å²) >= 11 is 0. The molecule has 1 aliphatic rings. The van der Waals surface area contributed by atoms with E-state index in [9.17, 15) is 0 Å². The molecule has 7 heteroatoms. The molecule has 1 aromatic heterocycles. The summed E-state index contributed by atoms with van der Waals surface area (Å²) < 4.78 is 1.99. The molecule has 1 aromatic carbocycles. The van der Waals surface area contributed by atoms with Gasteiger partial charge in [0.05, 0.1) is 13.1 Å². The standard InChI is InChI=1S/C18H24N6.HI/c1-14-22-23-17(24(14)2)13-20-18(21-16-10-6-7-11-16)19-12-15-8-4-3-5-9-15;/h3-9,16H,10-13H2,1-2H3,(H2,19,20,21);1H. The molecule has 0 atom stereocenters. The highest BCUT2D eigenvalue weighted by Crippen LogP contribution is 2.09. The van der Waals surface area contributed by atoms with Crippen molar-refractivity contribution < 1.29 is 0 Å². The van der Waals surface area contributed by atoms with Crippen LogP contribution in [0, 0.1) is 6.92 Å². The Kier molecular flexibility index (Phi) is 7.42. The Bertz CT molecular complexity index is 714. The second-order valence-corrected chi connectivity index (χ2v) is 6.01. The molecule has 6 nitrogen and oxygen atoms in total. The van der Waals surface area contributed by atoms with Crippen molar-refractivity contribution in [1.82, 2.24) is 25.4 Å². The van der Waals surface area contributed by atoms with Crippen LogP contribution in [0.1, 0.15) is 30.1 Å². The summed E-state index contributed by atoms with van der Waals surface area (Å²) in [7, 11) is 1.97. The van der Waals surface area contributed by atoms with E-state index in [0.29, 0.717) is 19.1 Å². The quantitative estimate of drug-likeness (QED) is 0.317. The average Bonchev–Trinajstić information content (AvgIpc) is 3.22. The van der Waals surface area contributed by atoms with E-state index in [2.05, 4.69) is 45.1 Å². The lowest BCUT2D eigenvalue weighted by molar-refractivity contribution is 0.623. The van der Waals surface area contributed by atoms with Gasteiger partial charge in [-0.15, -0.1) is 34.2 Å². The minimum absolute atomic E-state index is 0. The van der Waals surface area contributed by atoms with Crippen LogP contribution < -0.4 is 10.6 Å². The van der Waals surface area contributed by atoms with Gasteiger partial charge in [0.1, 0.15) is 5.82 Å². The largest absolute Gasteiger partial charge is 0.353 e. The number of nitrogens with zero attached hydrogens (tertiary/aromatic N) is 4. The Labute approximate surface area is 165 Å². The molecular weight excluding hydrogens is 427 g/mol. The van der Waals surface area contributed by atoms with Gasteiger partial charge < -0.3 is 15.2 Å². The monoisotopic (exact) mass is 452 g/mol. The third-order valence-electron chi connectivity index (χ3n) is 4.21. The minimum Gasteiger partial charge on any atom is -0.353 e. The lowest BCUT2D eigenvalue weighted by Gasteiger charge is -2.17. The van der Waals surface area contributed by atoms with Crippen LogP contribution in [0.5, 0.6) is 0 Å². The number of aryl methyl sites for hydroxylation is 1.